The van der Waals surface area contributed by atoms with Crippen LogP contribution in [-0.4, -0.2) is 22.4 Å². The molecule has 0 spiro atoms. The van der Waals surface area contributed by atoms with Gasteiger partial charge in [-0.1, -0.05) is 56.6 Å². The molecule has 0 unspecified atom stereocenters. The van der Waals surface area contributed by atoms with E-state index in [2.05, 4.69) is 55.1 Å². The number of nitrogens with zero attached hydrogens (tertiary/aromatic N) is 3. The van der Waals surface area contributed by atoms with Gasteiger partial charge in [0.15, 0.2) is 5.65 Å². The van der Waals surface area contributed by atoms with Crippen LogP contribution in [0.3, 0.4) is 0 Å². The minimum atomic E-state index is 0.148. The third-order valence-corrected chi connectivity index (χ3v) is 3.92. The van der Waals surface area contributed by atoms with Gasteiger partial charge in [-0.2, -0.15) is 5.10 Å². The summed E-state index contributed by atoms with van der Waals surface area (Å²) in [5, 5.41) is 4.79. The topological polar surface area (TPSA) is 30.2 Å². The van der Waals surface area contributed by atoms with E-state index in [9.17, 15) is 0 Å². The van der Waals surface area contributed by atoms with E-state index in [0.29, 0.717) is 5.15 Å². The molecule has 2 aromatic heterocycles. The molecule has 1 aromatic carbocycles. The highest BCUT2D eigenvalue weighted by Crippen LogP contribution is 2.26. The Labute approximate surface area is 130 Å². The van der Waals surface area contributed by atoms with Crippen molar-refractivity contribution in [1.29, 1.82) is 0 Å². The molecular weight excluding hydrogens is 280 g/mol. The van der Waals surface area contributed by atoms with Crippen molar-refractivity contribution < 1.29 is 0 Å². The number of halogens is 1. The van der Waals surface area contributed by atoms with E-state index in [1.165, 1.54) is 5.56 Å². The standard InChI is InChI=1S/C16H17BClN3/c1-16(2,3)11-6-4-10(5-7-11)13-8-14(18)21-15(20-13)12(17)9-19-21/h4-9H,17H2,1-3H3. The van der Waals surface area contributed by atoms with Crippen molar-refractivity contribution in [2.75, 3.05) is 0 Å². The highest BCUT2D eigenvalue weighted by molar-refractivity contribution is 6.36. The molecule has 0 saturated heterocycles. The van der Waals surface area contributed by atoms with Crippen LogP contribution in [0.5, 0.6) is 0 Å². The van der Waals surface area contributed by atoms with E-state index in [-0.39, 0.29) is 5.41 Å². The van der Waals surface area contributed by atoms with Gasteiger partial charge >= 0.3 is 0 Å². The molecule has 0 aliphatic heterocycles. The average molecular weight is 298 g/mol. The van der Waals surface area contributed by atoms with Crippen molar-refractivity contribution in [3.63, 3.8) is 0 Å². The highest BCUT2D eigenvalue weighted by atomic mass is 35.5. The van der Waals surface area contributed by atoms with Crippen LogP contribution in [0, 0.1) is 0 Å². The summed E-state index contributed by atoms with van der Waals surface area (Å²) in [7, 11) is 1.98. The predicted octanol–water partition coefficient (Wildman–Crippen LogP) is 2.61. The quantitative estimate of drug-likeness (QED) is 0.510. The van der Waals surface area contributed by atoms with Gasteiger partial charge in [-0.3, -0.25) is 0 Å². The number of aromatic nitrogens is 3. The van der Waals surface area contributed by atoms with Crippen LogP contribution in [0.25, 0.3) is 16.9 Å². The molecule has 0 amide bonds. The Hall–Kier alpha value is -1.81. The summed E-state index contributed by atoms with van der Waals surface area (Å²) in [4.78, 5) is 4.67. The third kappa shape index (κ3) is 2.56. The molecule has 2 heterocycles. The lowest BCUT2D eigenvalue weighted by Crippen LogP contribution is -2.10. The molecule has 21 heavy (non-hydrogen) atoms. The molecule has 0 fully saturated rings. The predicted molar refractivity (Wildman–Crippen MR) is 90.3 cm³/mol. The molecule has 0 aliphatic carbocycles. The first-order valence-corrected chi connectivity index (χ1v) is 7.36. The Bertz CT molecular complexity index is 801. The van der Waals surface area contributed by atoms with Crippen LogP contribution in [0.4, 0.5) is 0 Å². The number of fused-ring (bicyclic) bond motifs is 1. The van der Waals surface area contributed by atoms with E-state index in [4.69, 9.17) is 11.6 Å². The van der Waals surface area contributed by atoms with Crippen molar-refractivity contribution in [3.05, 3.63) is 47.2 Å². The molecule has 0 radical (unpaired) electrons. The summed E-state index contributed by atoms with van der Waals surface area (Å²) < 4.78 is 1.66. The smallest absolute Gasteiger partial charge is 0.150 e. The van der Waals surface area contributed by atoms with Crippen LogP contribution >= 0.6 is 11.6 Å². The number of rotatable bonds is 1. The van der Waals surface area contributed by atoms with Crippen molar-refractivity contribution in [1.82, 2.24) is 14.6 Å². The molecule has 0 atom stereocenters. The van der Waals surface area contributed by atoms with E-state index in [1.807, 2.05) is 13.9 Å². The average Bonchev–Trinajstić information content (AvgIpc) is 2.80. The van der Waals surface area contributed by atoms with Crippen LogP contribution < -0.4 is 5.46 Å². The Morgan fingerprint density at radius 3 is 2.43 bits per heavy atom. The second kappa shape index (κ2) is 4.88. The minimum absolute atomic E-state index is 0.148. The fourth-order valence-corrected chi connectivity index (χ4v) is 2.55. The SMILES string of the molecule is Bc1cnn2c(Cl)cc(-c3ccc(C(C)(C)C)cc3)nc12. The van der Waals surface area contributed by atoms with E-state index >= 15 is 0 Å². The maximum absolute atomic E-state index is 6.29. The molecule has 0 aliphatic rings. The Balaban J connectivity index is 2.10. The Kier molecular flexibility index (Phi) is 3.29. The minimum Gasteiger partial charge on any atom is -0.229 e. The first kappa shape index (κ1) is 14.1. The van der Waals surface area contributed by atoms with Gasteiger partial charge in [0.05, 0.1) is 5.69 Å². The largest absolute Gasteiger partial charge is 0.229 e. The molecule has 3 aromatic rings. The molecular formula is C16H17BClN3. The molecule has 3 rings (SSSR count). The van der Waals surface area contributed by atoms with Crippen LogP contribution in [0.2, 0.25) is 5.15 Å². The lowest BCUT2D eigenvalue weighted by molar-refractivity contribution is 0.590. The highest BCUT2D eigenvalue weighted by Gasteiger charge is 2.14. The maximum Gasteiger partial charge on any atom is 0.150 e. The summed E-state index contributed by atoms with van der Waals surface area (Å²) in [5.41, 5.74) is 5.21. The molecule has 106 valence electrons. The Morgan fingerprint density at radius 2 is 1.81 bits per heavy atom. The van der Waals surface area contributed by atoms with Gasteiger partial charge in [-0.25, -0.2) is 9.50 Å². The van der Waals surface area contributed by atoms with Crippen molar-refractivity contribution in [2.24, 2.45) is 0 Å². The van der Waals surface area contributed by atoms with Crippen molar-refractivity contribution in [3.8, 4) is 11.3 Å². The first-order valence-electron chi connectivity index (χ1n) is 6.98. The zero-order chi connectivity index (χ0) is 15.2. The lowest BCUT2D eigenvalue weighted by Gasteiger charge is -2.19. The normalized spacial score (nSPS) is 12.0. The van der Waals surface area contributed by atoms with Crippen LogP contribution in [0.1, 0.15) is 26.3 Å². The molecule has 0 bridgehead atoms. The van der Waals surface area contributed by atoms with Gasteiger partial charge in [0.25, 0.3) is 0 Å². The van der Waals surface area contributed by atoms with E-state index in [1.54, 1.807) is 10.7 Å². The fraction of sp³-hybridized carbons (Fsp3) is 0.250. The molecule has 0 saturated carbocycles. The number of hydrogen-bond donors (Lipinski definition) is 0. The number of benzene rings is 1. The lowest BCUT2D eigenvalue weighted by atomic mass is 9.86. The van der Waals surface area contributed by atoms with E-state index < -0.39 is 0 Å². The monoisotopic (exact) mass is 297 g/mol. The zero-order valence-corrected chi connectivity index (χ0v) is 13.4. The van der Waals surface area contributed by atoms with Gasteiger partial charge in [0.2, 0.25) is 0 Å². The molecule has 0 N–H and O–H groups in total. The second-order valence-corrected chi connectivity index (χ2v) is 6.74. The molecule has 5 heteroatoms. The summed E-state index contributed by atoms with van der Waals surface area (Å²) in [6.45, 7) is 6.62. The fourth-order valence-electron chi connectivity index (χ4n) is 2.32. The molecule has 3 nitrogen and oxygen atoms in total. The number of hydrogen-bond acceptors (Lipinski definition) is 2. The van der Waals surface area contributed by atoms with Crippen molar-refractivity contribution in [2.45, 2.75) is 26.2 Å². The summed E-state index contributed by atoms with van der Waals surface area (Å²) >= 11 is 6.29. The van der Waals surface area contributed by atoms with Gasteiger partial charge in [0, 0.05) is 17.8 Å². The zero-order valence-electron chi connectivity index (χ0n) is 12.7. The van der Waals surface area contributed by atoms with Gasteiger partial charge in [0.1, 0.15) is 13.0 Å². The van der Waals surface area contributed by atoms with Gasteiger partial charge < -0.3 is 0 Å². The van der Waals surface area contributed by atoms with Crippen molar-refractivity contribution >= 4 is 30.6 Å². The summed E-state index contributed by atoms with van der Waals surface area (Å²) in [6, 6.07) is 10.4. The summed E-state index contributed by atoms with van der Waals surface area (Å²) in [6.07, 6.45) is 1.78. The van der Waals surface area contributed by atoms with Gasteiger partial charge in [-0.05, 0) is 16.4 Å². The van der Waals surface area contributed by atoms with Gasteiger partial charge in [-0.15, -0.1) is 0 Å². The third-order valence-electron chi connectivity index (χ3n) is 3.65. The Morgan fingerprint density at radius 1 is 1.14 bits per heavy atom. The summed E-state index contributed by atoms with van der Waals surface area (Å²) in [5.74, 6) is 0. The van der Waals surface area contributed by atoms with E-state index in [0.717, 1.165) is 22.4 Å². The first-order chi connectivity index (χ1) is 9.86. The van der Waals surface area contributed by atoms with Crippen LogP contribution in [0.15, 0.2) is 36.5 Å². The maximum atomic E-state index is 6.29. The second-order valence-electron chi connectivity index (χ2n) is 6.35. The van der Waals surface area contributed by atoms with Crippen LogP contribution in [-0.2, 0) is 5.41 Å².